The smallest absolute Gasteiger partial charge is 0.254 e. The average Bonchev–Trinajstić information content (AvgIpc) is 2.69. The Morgan fingerprint density at radius 3 is 2.48 bits per heavy atom. The van der Waals surface area contributed by atoms with E-state index in [1.165, 1.54) is 38.2 Å². The number of halogens is 1. The standard InChI is InChI=1S/C21H30FN3O2/c1-16-7-8-18(13-19(16)22)21(27)25-11-9-24(10-12-25)15-20(26)23-14-17-5-3-2-4-6-17/h7-8,13,17H,2-6,9-12,14-15H2,1H3,(H,23,26). The topological polar surface area (TPSA) is 52.7 Å². The summed E-state index contributed by atoms with van der Waals surface area (Å²) in [6.45, 7) is 5.30. The molecule has 0 atom stereocenters. The molecule has 0 aromatic heterocycles. The molecule has 1 saturated heterocycles. The van der Waals surface area contributed by atoms with E-state index in [-0.39, 0.29) is 17.6 Å². The summed E-state index contributed by atoms with van der Waals surface area (Å²) in [6.07, 6.45) is 6.33. The maximum atomic E-state index is 13.7. The summed E-state index contributed by atoms with van der Waals surface area (Å²) >= 11 is 0. The van der Waals surface area contributed by atoms with Gasteiger partial charge >= 0.3 is 0 Å². The predicted molar refractivity (Wildman–Crippen MR) is 103 cm³/mol. The second-order valence-corrected chi connectivity index (χ2v) is 7.84. The molecular formula is C21H30FN3O2. The van der Waals surface area contributed by atoms with Crippen molar-refractivity contribution in [3.8, 4) is 0 Å². The zero-order valence-electron chi connectivity index (χ0n) is 16.2. The van der Waals surface area contributed by atoms with Crippen LogP contribution in [0, 0.1) is 18.7 Å². The minimum absolute atomic E-state index is 0.0703. The highest BCUT2D eigenvalue weighted by Crippen LogP contribution is 2.22. The molecule has 148 valence electrons. The molecule has 27 heavy (non-hydrogen) atoms. The number of carbonyl (C=O) groups is 2. The van der Waals surface area contributed by atoms with Crippen LogP contribution in [0.5, 0.6) is 0 Å². The quantitative estimate of drug-likeness (QED) is 0.861. The van der Waals surface area contributed by atoms with E-state index in [0.717, 1.165) is 6.54 Å². The number of nitrogens with zero attached hydrogens (tertiary/aromatic N) is 2. The van der Waals surface area contributed by atoms with Gasteiger partial charge in [0.15, 0.2) is 0 Å². The highest BCUT2D eigenvalue weighted by Gasteiger charge is 2.24. The Labute approximate surface area is 160 Å². The fourth-order valence-corrected chi connectivity index (χ4v) is 3.93. The number of piperazine rings is 1. The van der Waals surface area contributed by atoms with E-state index in [9.17, 15) is 14.0 Å². The highest BCUT2D eigenvalue weighted by atomic mass is 19.1. The molecule has 2 amide bonds. The third-order valence-corrected chi connectivity index (χ3v) is 5.76. The molecule has 2 aliphatic rings. The number of hydrogen-bond donors (Lipinski definition) is 1. The first-order chi connectivity index (χ1) is 13.0. The van der Waals surface area contributed by atoms with Gasteiger partial charge in [0.25, 0.3) is 5.91 Å². The second kappa shape index (κ2) is 9.31. The van der Waals surface area contributed by atoms with Gasteiger partial charge in [-0.25, -0.2) is 4.39 Å². The summed E-state index contributed by atoms with van der Waals surface area (Å²) in [5.41, 5.74) is 0.924. The number of hydrogen-bond acceptors (Lipinski definition) is 3. The van der Waals surface area contributed by atoms with Crippen molar-refractivity contribution in [1.29, 1.82) is 0 Å². The molecule has 0 unspecified atom stereocenters. The number of benzene rings is 1. The Kier molecular flexibility index (Phi) is 6.83. The molecule has 1 N–H and O–H groups in total. The van der Waals surface area contributed by atoms with Gasteiger partial charge in [-0.2, -0.15) is 0 Å². The molecule has 1 aromatic rings. The van der Waals surface area contributed by atoms with E-state index in [1.807, 2.05) is 0 Å². The Balaban J connectivity index is 1.40. The van der Waals surface area contributed by atoms with Crippen LogP contribution >= 0.6 is 0 Å². The molecule has 6 heteroatoms. The molecule has 1 aromatic carbocycles. The zero-order valence-corrected chi connectivity index (χ0v) is 16.2. The Bertz CT molecular complexity index is 665. The van der Waals surface area contributed by atoms with Crippen LogP contribution in [0.4, 0.5) is 4.39 Å². The first-order valence-electron chi connectivity index (χ1n) is 10.1. The van der Waals surface area contributed by atoms with Gasteiger partial charge < -0.3 is 10.2 Å². The molecule has 1 heterocycles. The normalized spacial score (nSPS) is 19.1. The molecule has 3 rings (SSSR count). The van der Waals surface area contributed by atoms with Gasteiger partial charge in [0.05, 0.1) is 6.54 Å². The Morgan fingerprint density at radius 2 is 1.81 bits per heavy atom. The lowest BCUT2D eigenvalue weighted by Crippen LogP contribution is -2.51. The molecule has 1 saturated carbocycles. The van der Waals surface area contributed by atoms with Gasteiger partial charge in [-0.3, -0.25) is 14.5 Å². The second-order valence-electron chi connectivity index (χ2n) is 7.84. The Morgan fingerprint density at radius 1 is 1.11 bits per heavy atom. The van der Waals surface area contributed by atoms with Crippen LogP contribution in [-0.4, -0.2) is 60.9 Å². The van der Waals surface area contributed by atoms with Crippen molar-refractivity contribution in [3.05, 3.63) is 35.1 Å². The van der Waals surface area contributed by atoms with Crippen molar-refractivity contribution in [2.45, 2.75) is 39.0 Å². The van der Waals surface area contributed by atoms with Crippen molar-refractivity contribution in [3.63, 3.8) is 0 Å². The first-order valence-corrected chi connectivity index (χ1v) is 10.1. The van der Waals surface area contributed by atoms with Gasteiger partial charge in [-0.1, -0.05) is 25.3 Å². The molecule has 5 nitrogen and oxygen atoms in total. The van der Waals surface area contributed by atoms with E-state index >= 15 is 0 Å². The van der Waals surface area contributed by atoms with Gasteiger partial charge in [0.2, 0.25) is 5.91 Å². The summed E-state index contributed by atoms with van der Waals surface area (Å²) in [4.78, 5) is 28.5. The summed E-state index contributed by atoms with van der Waals surface area (Å²) in [5, 5.41) is 3.07. The van der Waals surface area contributed by atoms with Crippen LogP contribution < -0.4 is 5.32 Å². The summed E-state index contributed by atoms with van der Waals surface area (Å²) in [6, 6.07) is 4.62. The third-order valence-electron chi connectivity index (χ3n) is 5.76. The highest BCUT2D eigenvalue weighted by molar-refractivity contribution is 5.94. The molecule has 1 aliphatic heterocycles. The zero-order chi connectivity index (χ0) is 19.2. The maximum Gasteiger partial charge on any atom is 0.254 e. The fraction of sp³-hybridized carbons (Fsp3) is 0.619. The van der Waals surface area contributed by atoms with E-state index in [2.05, 4.69) is 10.2 Å². The molecule has 1 aliphatic carbocycles. The van der Waals surface area contributed by atoms with Gasteiger partial charge in [0, 0.05) is 38.3 Å². The van der Waals surface area contributed by atoms with Gasteiger partial charge in [-0.15, -0.1) is 0 Å². The molecule has 0 radical (unpaired) electrons. The first kappa shape index (κ1) is 19.8. The summed E-state index contributed by atoms with van der Waals surface area (Å²) in [5.74, 6) is 0.206. The van der Waals surface area contributed by atoms with Crippen LogP contribution in [0.25, 0.3) is 0 Å². The van der Waals surface area contributed by atoms with Crippen molar-refractivity contribution in [1.82, 2.24) is 15.1 Å². The summed E-state index contributed by atoms with van der Waals surface area (Å²) in [7, 11) is 0. The fourth-order valence-electron chi connectivity index (χ4n) is 3.93. The van der Waals surface area contributed by atoms with Crippen molar-refractivity contribution in [2.75, 3.05) is 39.3 Å². The molecule has 2 fully saturated rings. The number of aryl methyl sites for hydroxylation is 1. The average molecular weight is 375 g/mol. The lowest BCUT2D eigenvalue weighted by molar-refractivity contribution is -0.122. The molecule has 0 spiro atoms. The number of carbonyl (C=O) groups excluding carboxylic acids is 2. The van der Waals surface area contributed by atoms with E-state index in [0.29, 0.717) is 49.8 Å². The summed E-state index contributed by atoms with van der Waals surface area (Å²) < 4.78 is 13.7. The van der Waals surface area contributed by atoms with E-state index in [4.69, 9.17) is 0 Å². The number of nitrogens with one attached hydrogen (secondary N) is 1. The Hall–Kier alpha value is -1.95. The predicted octanol–water partition coefficient (Wildman–Crippen LogP) is 2.59. The lowest BCUT2D eigenvalue weighted by atomic mass is 9.89. The minimum atomic E-state index is -0.353. The van der Waals surface area contributed by atoms with Crippen LogP contribution in [0.15, 0.2) is 18.2 Å². The van der Waals surface area contributed by atoms with E-state index < -0.39 is 0 Å². The van der Waals surface area contributed by atoms with Gasteiger partial charge in [0.1, 0.15) is 5.82 Å². The largest absolute Gasteiger partial charge is 0.355 e. The van der Waals surface area contributed by atoms with Crippen molar-refractivity contribution < 1.29 is 14.0 Å². The van der Waals surface area contributed by atoms with Crippen molar-refractivity contribution >= 4 is 11.8 Å². The number of rotatable bonds is 5. The van der Waals surface area contributed by atoms with Crippen LogP contribution in [0.2, 0.25) is 0 Å². The van der Waals surface area contributed by atoms with Gasteiger partial charge in [-0.05, 0) is 43.4 Å². The van der Waals surface area contributed by atoms with Crippen LogP contribution in [-0.2, 0) is 4.79 Å². The molecule has 0 bridgehead atoms. The SMILES string of the molecule is Cc1ccc(C(=O)N2CCN(CC(=O)NCC3CCCCC3)CC2)cc1F. The van der Waals surface area contributed by atoms with E-state index in [1.54, 1.807) is 24.0 Å². The molecular weight excluding hydrogens is 345 g/mol. The lowest BCUT2D eigenvalue weighted by Gasteiger charge is -2.34. The monoisotopic (exact) mass is 375 g/mol. The van der Waals surface area contributed by atoms with Crippen LogP contribution in [0.3, 0.4) is 0 Å². The van der Waals surface area contributed by atoms with Crippen molar-refractivity contribution in [2.24, 2.45) is 5.92 Å². The van der Waals surface area contributed by atoms with Crippen LogP contribution in [0.1, 0.15) is 48.0 Å². The number of amides is 2. The maximum absolute atomic E-state index is 13.7. The minimum Gasteiger partial charge on any atom is -0.355 e. The third kappa shape index (κ3) is 5.51.